The molecule has 1 atom stereocenters. The summed E-state index contributed by atoms with van der Waals surface area (Å²) < 4.78 is 0. The Morgan fingerprint density at radius 2 is 2.12 bits per heavy atom. The van der Waals surface area contributed by atoms with Crippen LogP contribution < -0.4 is 0 Å². The van der Waals surface area contributed by atoms with Crippen molar-refractivity contribution in [2.75, 3.05) is 18.6 Å². The number of carbonyl (C=O) groups is 1. The summed E-state index contributed by atoms with van der Waals surface area (Å²) in [6, 6.07) is 7.78. The Morgan fingerprint density at radius 3 is 2.69 bits per heavy atom. The summed E-state index contributed by atoms with van der Waals surface area (Å²) in [4.78, 5) is 14.9. The second kappa shape index (κ2) is 5.15. The van der Waals surface area contributed by atoms with Gasteiger partial charge in [0.25, 0.3) is 5.91 Å². The number of thioether (sulfide) groups is 1. The van der Waals surface area contributed by atoms with Crippen molar-refractivity contribution in [3.05, 3.63) is 29.8 Å². The first-order chi connectivity index (χ1) is 7.68. The van der Waals surface area contributed by atoms with Crippen molar-refractivity contribution < 1.29 is 4.79 Å². The zero-order valence-corrected chi connectivity index (χ0v) is 10.9. The molecule has 2 nitrogen and oxygen atoms in total. The van der Waals surface area contributed by atoms with E-state index in [2.05, 4.69) is 12.6 Å². The van der Waals surface area contributed by atoms with E-state index in [0.29, 0.717) is 6.04 Å². The smallest absolute Gasteiger partial charge is 0.253 e. The molecule has 1 saturated heterocycles. The Balaban J connectivity index is 2.08. The van der Waals surface area contributed by atoms with Crippen LogP contribution >= 0.6 is 24.4 Å². The molecule has 0 saturated carbocycles. The van der Waals surface area contributed by atoms with Crippen LogP contribution in [0.25, 0.3) is 0 Å². The van der Waals surface area contributed by atoms with Crippen molar-refractivity contribution in [1.82, 2.24) is 4.90 Å². The Labute approximate surface area is 106 Å². The van der Waals surface area contributed by atoms with Crippen molar-refractivity contribution in [3.63, 3.8) is 0 Å². The van der Waals surface area contributed by atoms with E-state index >= 15 is 0 Å². The van der Waals surface area contributed by atoms with E-state index in [1.807, 2.05) is 48.0 Å². The molecule has 0 N–H and O–H groups in total. The van der Waals surface area contributed by atoms with Crippen molar-refractivity contribution in [1.29, 1.82) is 0 Å². The lowest BCUT2D eigenvalue weighted by atomic mass is 10.1. The summed E-state index contributed by atoms with van der Waals surface area (Å²) in [6.45, 7) is 0. The van der Waals surface area contributed by atoms with Gasteiger partial charge in [0.05, 0.1) is 0 Å². The first-order valence-electron chi connectivity index (χ1n) is 5.32. The average molecular weight is 253 g/mol. The van der Waals surface area contributed by atoms with Gasteiger partial charge in [0, 0.05) is 29.3 Å². The van der Waals surface area contributed by atoms with Gasteiger partial charge in [-0.15, -0.1) is 12.6 Å². The molecule has 0 spiro atoms. The molecule has 1 aliphatic rings. The molecule has 1 aromatic carbocycles. The number of hydrogen-bond donors (Lipinski definition) is 1. The Hall–Kier alpha value is -0.610. The molecule has 1 aliphatic heterocycles. The highest BCUT2D eigenvalue weighted by molar-refractivity contribution is 7.99. The molecule has 4 heteroatoms. The maximum Gasteiger partial charge on any atom is 0.253 e. The van der Waals surface area contributed by atoms with Crippen molar-refractivity contribution in [2.24, 2.45) is 0 Å². The van der Waals surface area contributed by atoms with Crippen molar-refractivity contribution >= 4 is 30.3 Å². The van der Waals surface area contributed by atoms with Gasteiger partial charge < -0.3 is 4.90 Å². The van der Waals surface area contributed by atoms with Gasteiger partial charge in [-0.2, -0.15) is 11.8 Å². The molecule has 0 aromatic heterocycles. The summed E-state index contributed by atoms with van der Waals surface area (Å²) in [5.74, 6) is 2.34. The van der Waals surface area contributed by atoms with Gasteiger partial charge in [-0.3, -0.25) is 4.79 Å². The lowest BCUT2D eigenvalue weighted by Gasteiger charge is -2.23. The highest BCUT2D eigenvalue weighted by Gasteiger charge is 2.24. The second-order valence-corrected chi connectivity index (χ2v) is 5.65. The zero-order valence-electron chi connectivity index (χ0n) is 9.22. The van der Waals surface area contributed by atoms with E-state index in [-0.39, 0.29) is 5.91 Å². The van der Waals surface area contributed by atoms with E-state index in [4.69, 9.17) is 0 Å². The number of thiol groups is 1. The maximum atomic E-state index is 12.1. The summed E-state index contributed by atoms with van der Waals surface area (Å²) >= 11 is 6.13. The third-order valence-corrected chi connectivity index (χ3v) is 4.33. The molecule has 1 heterocycles. The highest BCUT2D eigenvalue weighted by Crippen LogP contribution is 2.22. The topological polar surface area (TPSA) is 20.3 Å². The molecule has 1 amide bonds. The Bertz CT molecular complexity index is 371. The SMILES string of the molecule is CN(C(=O)c1ccc(S)cc1)C1CCSC1. The third-order valence-electron chi connectivity index (χ3n) is 2.89. The lowest BCUT2D eigenvalue weighted by molar-refractivity contribution is 0.0748. The second-order valence-electron chi connectivity index (χ2n) is 3.98. The lowest BCUT2D eigenvalue weighted by Crippen LogP contribution is -2.36. The average Bonchev–Trinajstić information content (AvgIpc) is 2.81. The third kappa shape index (κ3) is 2.55. The van der Waals surface area contributed by atoms with E-state index < -0.39 is 0 Å². The van der Waals surface area contributed by atoms with Gasteiger partial charge in [-0.1, -0.05) is 0 Å². The number of amides is 1. The first-order valence-corrected chi connectivity index (χ1v) is 6.92. The molecule has 86 valence electrons. The van der Waals surface area contributed by atoms with E-state index in [0.717, 1.165) is 28.4 Å². The highest BCUT2D eigenvalue weighted by atomic mass is 32.2. The van der Waals surface area contributed by atoms with E-state index in [1.165, 1.54) is 0 Å². The summed E-state index contributed by atoms with van der Waals surface area (Å²) in [6.07, 6.45) is 1.11. The monoisotopic (exact) mass is 253 g/mol. The minimum absolute atomic E-state index is 0.112. The van der Waals surface area contributed by atoms with Crippen LogP contribution in [0.3, 0.4) is 0 Å². The molecule has 1 aromatic rings. The van der Waals surface area contributed by atoms with Gasteiger partial charge in [0.2, 0.25) is 0 Å². The van der Waals surface area contributed by atoms with Crippen molar-refractivity contribution in [3.8, 4) is 0 Å². The fraction of sp³-hybridized carbons (Fsp3) is 0.417. The van der Waals surface area contributed by atoms with Gasteiger partial charge in [0.15, 0.2) is 0 Å². The quantitative estimate of drug-likeness (QED) is 0.818. The van der Waals surface area contributed by atoms with Gasteiger partial charge >= 0.3 is 0 Å². The summed E-state index contributed by atoms with van der Waals surface area (Å²) in [7, 11) is 1.90. The molecule has 1 fully saturated rings. The fourth-order valence-electron chi connectivity index (χ4n) is 1.80. The number of rotatable bonds is 2. The van der Waals surface area contributed by atoms with Crippen LogP contribution in [0.15, 0.2) is 29.2 Å². The van der Waals surface area contributed by atoms with Crippen LogP contribution in [0, 0.1) is 0 Å². The number of benzene rings is 1. The minimum Gasteiger partial charge on any atom is -0.338 e. The summed E-state index contributed by atoms with van der Waals surface area (Å²) in [5, 5.41) is 0. The maximum absolute atomic E-state index is 12.1. The van der Waals surface area contributed by atoms with E-state index in [1.54, 1.807) is 0 Å². The molecule has 16 heavy (non-hydrogen) atoms. The first kappa shape index (κ1) is 11.9. The molecular formula is C12H15NOS2. The van der Waals surface area contributed by atoms with Crippen LogP contribution in [0.5, 0.6) is 0 Å². The van der Waals surface area contributed by atoms with Crippen LogP contribution in [0.2, 0.25) is 0 Å². The minimum atomic E-state index is 0.112. The molecule has 0 radical (unpaired) electrons. The van der Waals surface area contributed by atoms with Crippen molar-refractivity contribution in [2.45, 2.75) is 17.4 Å². The normalized spacial score (nSPS) is 19.8. The molecule has 1 unspecified atom stereocenters. The number of carbonyl (C=O) groups excluding carboxylic acids is 1. The fourth-order valence-corrected chi connectivity index (χ4v) is 3.22. The Kier molecular flexibility index (Phi) is 3.82. The molecule has 2 rings (SSSR count). The Morgan fingerprint density at radius 1 is 1.44 bits per heavy atom. The number of hydrogen-bond acceptors (Lipinski definition) is 3. The molecule has 0 bridgehead atoms. The van der Waals surface area contributed by atoms with Crippen LogP contribution in [0.4, 0.5) is 0 Å². The molecular weight excluding hydrogens is 238 g/mol. The standard InChI is InChI=1S/C12H15NOS2/c1-13(10-6-7-16-8-10)12(14)9-2-4-11(15)5-3-9/h2-5,10,15H,6-8H2,1H3. The zero-order chi connectivity index (χ0) is 11.5. The predicted molar refractivity (Wildman–Crippen MR) is 71.5 cm³/mol. The van der Waals surface area contributed by atoms with Crippen LogP contribution in [-0.2, 0) is 0 Å². The predicted octanol–water partition coefficient (Wildman–Crippen LogP) is 2.55. The molecule has 0 aliphatic carbocycles. The van der Waals surface area contributed by atoms with Gasteiger partial charge in [-0.05, 0) is 36.4 Å². The van der Waals surface area contributed by atoms with Crippen LogP contribution in [0.1, 0.15) is 16.8 Å². The van der Waals surface area contributed by atoms with Gasteiger partial charge in [0.1, 0.15) is 0 Å². The number of nitrogens with zero attached hydrogens (tertiary/aromatic N) is 1. The largest absolute Gasteiger partial charge is 0.338 e. The van der Waals surface area contributed by atoms with Crippen LogP contribution in [-0.4, -0.2) is 35.4 Å². The van der Waals surface area contributed by atoms with Gasteiger partial charge in [-0.25, -0.2) is 0 Å². The summed E-state index contributed by atoms with van der Waals surface area (Å²) in [5.41, 5.74) is 0.747. The van der Waals surface area contributed by atoms with E-state index in [9.17, 15) is 4.79 Å².